The Hall–Kier alpha value is -1.84. The number of hydrogen-bond donors (Lipinski definition) is 2. The molecule has 0 aliphatic rings. The predicted molar refractivity (Wildman–Crippen MR) is 82.0 cm³/mol. The molecule has 0 aromatic heterocycles. The highest BCUT2D eigenvalue weighted by atomic mass is 16.2. The van der Waals surface area contributed by atoms with Gasteiger partial charge in [0.1, 0.15) is 6.04 Å². The number of nitrogens with one attached hydrogen (secondary N) is 2. The molecule has 4 heteroatoms. The third-order valence-electron chi connectivity index (χ3n) is 2.80. The van der Waals surface area contributed by atoms with Crippen molar-refractivity contribution in [2.75, 3.05) is 5.32 Å². The first-order valence-corrected chi connectivity index (χ1v) is 6.94. The molecule has 1 amide bonds. The van der Waals surface area contributed by atoms with Crippen LogP contribution in [0.3, 0.4) is 0 Å². The van der Waals surface area contributed by atoms with Crippen LogP contribution in [0.15, 0.2) is 24.3 Å². The average molecular weight is 276 g/mol. The molecule has 0 heterocycles. The summed E-state index contributed by atoms with van der Waals surface area (Å²) in [6, 6.07) is 6.88. The highest BCUT2D eigenvalue weighted by molar-refractivity contribution is 5.96. The Balaban J connectivity index is 2.64. The van der Waals surface area contributed by atoms with Crippen LogP contribution in [0.4, 0.5) is 5.69 Å². The Labute approximate surface area is 121 Å². The lowest BCUT2D eigenvalue weighted by molar-refractivity contribution is -0.122. The minimum atomic E-state index is -0.332. The molecule has 0 radical (unpaired) electrons. The summed E-state index contributed by atoms with van der Waals surface area (Å²) in [4.78, 5) is 23.5. The maximum Gasteiger partial charge on any atom is 0.242 e. The summed E-state index contributed by atoms with van der Waals surface area (Å²) < 4.78 is 0. The number of anilines is 1. The number of benzene rings is 1. The lowest BCUT2D eigenvalue weighted by atomic mass is 10.1. The number of hydrogen-bond acceptors (Lipinski definition) is 3. The zero-order valence-electron chi connectivity index (χ0n) is 12.9. The van der Waals surface area contributed by atoms with Crippen LogP contribution in [0.2, 0.25) is 0 Å². The van der Waals surface area contributed by atoms with Crippen molar-refractivity contribution < 1.29 is 9.59 Å². The standard InChI is InChI=1S/C16H24N2O2/c1-6-14(19)12-7-9-13(10-8-12)17-11(2)15(20)18-16(3,4)5/h7-11,17H,6H2,1-5H3,(H,18,20). The number of ketones is 1. The van der Waals surface area contributed by atoms with E-state index in [9.17, 15) is 9.59 Å². The minimum absolute atomic E-state index is 0.0498. The Bertz CT molecular complexity index is 472. The molecule has 4 nitrogen and oxygen atoms in total. The molecule has 0 aliphatic heterocycles. The van der Waals surface area contributed by atoms with Crippen LogP contribution >= 0.6 is 0 Å². The molecular formula is C16H24N2O2. The minimum Gasteiger partial charge on any atom is -0.374 e. The molecule has 0 fully saturated rings. The molecule has 1 unspecified atom stereocenters. The van der Waals surface area contributed by atoms with Gasteiger partial charge in [0.15, 0.2) is 5.78 Å². The van der Waals surface area contributed by atoms with Gasteiger partial charge in [-0.15, -0.1) is 0 Å². The number of amides is 1. The van der Waals surface area contributed by atoms with Gasteiger partial charge < -0.3 is 10.6 Å². The van der Waals surface area contributed by atoms with Crippen molar-refractivity contribution in [3.63, 3.8) is 0 Å². The monoisotopic (exact) mass is 276 g/mol. The highest BCUT2D eigenvalue weighted by Gasteiger charge is 2.18. The number of carbonyl (C=O) groups excluding carboxylic acids is 2. The van der Waals surface area contributed by atoms with Gasteiger partial charge in [0.05, 0.1) is 0 Å². The van der Waals surface area contributed by atoms with E-state index in [-0.39, 0.29) is 23.3 Å². The van der Waals surface area contributed by atoms with E-state index < -0.39 is 0 Å². The van der Waals surface area contributed by atoms with Crippen LogP contribution < -0.4 is 10.6 Å². The summed E-state index contributed by atoms with van der Waals surface area (Å²) in [6.07, 6.45) is 0.497. The van der Waals surface area contributed by atoms with Crippen molar-refractivity contribution in [2.45, 2.75) is 52.6 Å². The van der Waals surface area contributed by atoms with E-state index in [1.165, 1.54) is 0 Å². The third-order valence-corrected chi connectivity index (χ3v) is 2.80. The van der Waals surface area contributed by atoms with E-state index in [0.29, 0.717) is 12.0 Å². The van der Waals surface area contributed by atoms with Crippen molar-refractivity contribution in [1.82, 2.24) is 5.32 Å². The molecule has 1 atom stereocenters. The quantitative estimate of drug-likeness (QED) is 0.813. The maximum atomic E-state index is 12.0. The molecule has 110 valence electrons. The van der Waals surface area contributed by atoms with E-state index in [1.54, 1.807) is 12.1 Å². The molecule has 1 aromatic carbocycles. The first-order chi connectivity index (χ1) is 9.23. The van der Waals surface area contributed by atoms with Crippen molar-refractivity contribution in [1.29, 1.82) is 0 Å². The number of rotatable bonds is 5. The Kier molecular flexibility index (Phi) is 5.31. The smallest absolute Gasteiger partial charge is 0.242 e. The van der Waals surface area contributed by atoms with Gasteiger partial charge in [-0.05, 0) is 52.0 Å². The van der Waals surface area contributed by atoms with Crippen LogP contribution in [0, 0.1) is 0 Å². The van der Waals surface area contributed by atoms with Crippen LogP contribution in [-0.4, -0.2) is 23.3 Å². The van der Waals surface area contributed by atoms with Crippen molar-refractivity contribution in [2.24, 2.45) is 0 Å². The van der Waals surface area contributed by atoms with Gasteiger partial charge in [0, 0.05) is 23.2 Å². The Morgan fingerprint density at radius 2 is 1.70 bits per heavy atom. The second-order valence-corrected chi connectivity index (χ2v) is 5.96. The molecular weight excluding hydrogens is 252 g/mol. The second kappa shape index (κ2) is 6.55. The predicted octanol–water partition coefficient (Wildman–Crippen LogP) is 2.99. The van der Waals surface area contributed by atoms with Crippen molar-refractivity contribution >= 4 is 17.4 Å². The zero-order chi connectivity index (χ0) is 15.3. The number of Topliss-reactive ketones (excluding diaryl/α,β-unsaturated/α-hetero) is 1. The van der Waals surface area contributed by atoms with E-state index in [4.69, 9.17) is 0 Å². The highest BCUT2D eigenvalue weighted by Crippen LogP contribution is 2.12. The largest absolute Gasteiger partial charge is 0.374 e. The fourth-order valence-electron chi connectivity index (χ4n) is 1.75. The normalized spacial score (nSPS) is 12.7. The van der Waals surface area contributed by atoms with Crippen LogP contribution in [0.5, 0.6) is 0 Å². The van der Waals surface area contributed by atoms with Crippen LogP contribution in [0.1, 0.15) is 51.4 Å². The molecule has 0 spiro atoms. The van der Waals surface area contributed by atoms with E-state index >= 15 is 0 Å². The van der Waals surface area contributed by atoms with Gasteiger partial charge in [-0.3, -0.25) is 9.59 Å². The summed E-state index contributed by atoms with van der Waals surface area (Å²) in [6.45, 7) is 9.49. The van der Waals surface area contributed by atoms with Crippen molar-refractivity contribution in [3.05, 3.63) is 29.8 Å². The fourth-order valence-corrected chi connectivity index (χ4v) is 1.75. The summed E-state index contributed by atoms with van der Waals surface area (Å²) in [5, 5.41) is 6.05. The van der Waals surface area contributed by atoms with Crippen LogP contribution in [-0.2, 0) is 4.79 Å². The summed E-state index contributed by atoms with van der Waals surface area (Å²) in [5.41, 5.74) is 1.28. The van der Waals surface area contributed by atoms with Gasteiger partial charge in [-0.25, -0.2) is 0 Å². The maximum absolute atomic E-state index is 12.0. The summed E-state index contributed by atoms with van der Waals surface area (Å²) in [7, 11) is 0. The average Bonchev–Trinajstić information content (AvgIpc) is 2.36. The first kappa shape index (κ1) is 16.2. The first-order valence-electron chi connectivity index (χ1n) is 6.94. The van der Waals surface area contributed by atoms with Crippen molar-refractivity contribution in [3.8, 4) is 0 Å². The van der Waals surface area contributed by atoms with Gasteiger partial charge in [-0.1, -0.05) is 6.92 Å². The summed E-state index contributed by atoms with van der Waals surface area (Å²) >= 11 is 0. The molecule has 0 saturated carbocycles. The molecule has 20 heavy (non-hydrogen) atoms. The molecule has 1 rings (SSSR count). The Morgan fingerprint density at radius 3 is 2.15 bits per heavy atom. The second-order valence-electron chi connectivity index (χ2n) is 5.96. The van der Waals surface area contributed by atoms with Gasteiger partial charge in [-0.2, -0.15) is 0 Å². The molecule has 0 bridgehead atoms. The van der Waals surface area contributed by atoms with Gasteiger partial charge in [0.25, 0.3) is 0 Å². The van der Waals surface area contributed by atoms with Crippen LogP contribution in [0.25, 0.3) is 0 Å². The summed E-state index contributed by atoms with van der Waals surface area (Å²) in [5.74, 6) is 0.0706. The third kappa shape index (κ3) is 5.03. The lowest BCUT2D eigenvalue weighted by Gasteiger charge is -2.24. The molecule has 0 aliphatic carbocycles. The Morgan fingerprint density at radius 1 is 1.15 bits per heavy atom. The van der Waals surface area contributed by atoms with Gasteiger partial charge in [0.2, 0.25) is 5.91 Å². The van der Waals surface area contributed by atoms with E-state index in [1.807, 2.05) is 46.8 Å². The molecule has 1 aromatic rings. The zero-order valence-corrected chi connectivity index (χ0v) is 12.9. The molecule has 2 N–H and O–H groups in total. The SMILES string of the molecule is CCC(=O)c1ccc(NC(C)C(=O)NC(C)(C)C)cc1. The number of carbonyl (C=O) groups is 2. The van der Waals surface area contributed by atoms with E-state index in [2.05, 4.69) is 10.6 Å². The topological polar surface area (TPSA) is 58.2 Å². The fraction of sp³-hybridized carbons (Fsp3) is 0.500. The van der Waals surface area contributed by atoms with Gasteiger partial charge >= 0.3 is 0 Å². The lowest BCUT2D eigenvalue weighted by Crippen LogP contribution is -2.47. The molecule has 0 saturated heterocycles. The van der Waals surface area contributed by atoms with E-state index in [0.717, 1.165) is 5.69 Å².